The van der Waals surface area contributed by atoms with Crippen molar-refractivity contribution in [3.63, 3.8) is 0 Å². The van der Waals surface area contributed by atoms with Crippen LogP contribution >= 0.6 is 0 Å². The van der Waals surface area contributed by atoms with E-state index in [0.29, 0.717) is 5.56 Å². The molecule has 3 N–H and O–H groups in total. The van der Waals surface area contributed by atoms with Gasteiger partial charge in [0, 0.05) is 22.7 Å². The van der Waals surface area contributed by atoms with Gasteiger partial charge in [-0.05, 0) is 32.5 Å². The van der Waals surface area contributed by atoms with Gasteiger partial charge in [-0.2, -0.15) is 0 Å². The first-order chi connectivity index (χ1) is 8.60. The Hall–Kier alpha value is -1.36. The minimum Gasteiger partial charge on any atom is -0.361 e. The van der Waals surface area contributed by atoms with Crippen molar-refractivity contribution in [2.75, 3.05) is 13.6 Å². The summed E-state index contributed by atoms with van der Waals surface area (Å²) in [5.41, 5.74) is 1.50. The van der Waals surface area contributed by atoms with Crippen molar-refractivity contribution in [2.45, 2.75) is 24.7 Å². The number of nitrogens with one attached hydrogen (secondary N) is 1. The third-order valence-electron chi connectivity index (χ3n) is 3.97. The van der Waals surface area contributed by atoms with E-state index in [-0.39, 0.29) is 6.04 Å². The van der Waals surface area contributed by atoms with Crippen molar-refractivity contribution in [1.82, 2.24) is 9.88 Å². The van der Waals surface area contributed by atoms with Crippen LogP contribution < -0.4 is 0 Å². The molecule has 1 aliphatic heterocycles. The molecule has 1 unspecified atom stereocenters. The molecule has 0 bridgehead atoms. The van der Waals surface area contributed by atoms with Gasteiger partial charge in [0.05, 0.1) is 6.04 Å². The number of benzene rings is 1. The van der Waals surface area contributed by atoms with E-state index in [2.05, 4.69) is 4.98 Å². The molecule has 0 aliphatic carbocycles. The fraction of sp³-hybridized carbons (Fsp3) is 0.429. The smallest absolute Gasteiger partial charge is 0.208 e. The topological polar surface area (TPSA) is 59.5 Å². The van der Waals surface area contributed by atoms with E-state index in [1.807, 2.05) is 36.2 Å². The van der Waals surface area contributed by atoms with Crippen LogP contribution in [0.1, 0.15) is 18.4 Å². The molecule has 1 aliphatic rings. The zero-order valence-corrected chi connectivity index (χ0v) is 10.4. The summed E-state index contributed by atoms with van der Waals surface area (Å²) in [6, 6.07) is 7.45. The Balaban J connectivity index is 2.07. The average molecular weight is 246 g/mol. The summed E-state index contributed by atoms with van der Waals surface area (Å²) in [6.07, 6.45) is 3.52. The van der Waals surface area contributed by atoms with Crippen LogP contribution in [0.15, 0.2) is 30.5 Å². The first-order valence-corrected chi connectivity index (χ1v) is 6.32. The second kappa shape index (κ2) is 4.09. The van der Waals surface area contributed by atoms with Gasteiger partial charge >= 0.3 is 0 Å². The minimum absolute atomic E-state index is 0.239. The first-order valence-electron chi connectivity index (χ1n) is 6.32. The van der Waals surface area contributed by atoms with E-state index in [0.717, 1.165) is 30.3 Å². The predicted octanol–water partition coefficient (Wildman–Crippen LogP) is 1.40. The second-order valence-electron chi connectivity index (χ2n) is 5.11. The number of likely N-dealkylation sites (tertiary alicyclic amines) is 1. The van der Waals surface area contributed by atoms with Gasteiger partial charge in [-0.25, -0.2) is 0 Å². The summed E-state index contributed by atoms with van der Waals surface area (Å²) in [4.78, 5) is 5.11. The molecule has 1 aromatic carbocycles. The number of fused-ring (bicyclic) bond motifs is 1. The van der Waals surface area contributed by atoms with Crippen molar-refractivity contribution in [3.8, 4) is 0 Å². The van der Waals surface area contributed by atoms with Crippen LogP contribution in [0.5, 0.6) is 0 Å². The molecule has 0 radical (unpaired) electrons. The fourth-order valence-corrected chi connectivity index (χ4v) is 2.97. The Morgan fingerprint density at radius 2 is 2.11 bits per heavy atom. The maximum atomic E-state index is 10.5. The number of hydrogen-bond acceptors (Lipinski definition) is 3. The molecule has 4 heteroatoms. The van der Waals surface area contributed by atoms with Crippen molar-refractivity contribution in [3.05, 3.63) is 36.0 Å². The molecule has 96 valence electrons. The molecular formula is C14H18N2O2. The highest BCUT2D eigenvalue weighted by atomic mass is 16.5. The highest BCUT2D eigenvalue weighted by Gasteiger charge is 2.42. The summed E-state index contributed by atoms with van der Waals surface area (Å²) < 4.78 is 0. The maximum Gasteiger partial charge on any atom is 0.208 e. The van der Waals surface area contributed by atoms with E-state index >= 15 is 0 Å². The zero-order chi connectivity index (χ0) is 12.8. The number of para-hydroxylation sites is 1. The lowest BCUT2D eigenvalue weighted by Gasteiger charge is -2.32. The second-order valence-corrected chi connectivity index (χ2v) is 5.11. The molecule has 1 saturated heterocycles. The highest BCUT2D eigenvalue weighted by molar-refractivity contribution is 5.83. The largest absolute Gasteiger partial charge is 0.361 e. The molecule has 0 saturated carbocycles. The van der Waals surface area contributed by atoms with Gasteiger partial charge in [0.2, 0.25) is 5.79 Å². The van der Waals surface area contributed by atoms with Crippen molar-refractivity contribution in [1.29, 1.82) is 0 Å². The maximum absolute atomic E-state index is 10.5. The standard InChI is InChI=1S/C14H18N2O2/c1-16-8-4-7-13(16)14(17,18)11-9-15-12-6-3-2-5-10(11)12/h2-3,5-6,9,13,15,17-18H,4,7-8H2,1H3. The zero-order valence-electron chi connectivity index (χ0n) is 10.4. The summed E-state index contributed by atoms with van der Waals surface area (Å²) in [7, 11) is 1.94. The Labute approximate surface area is 106 Å². The van der Waals surface area contributed by atoms with E-state index in [1.54, 1.807) is 6.20 Å². The number of hydrogen-bond donors (Lipinski definition) is 3. The number of aromatic nitrogens is 1. The molecular weight excluding hydrogens is 228 g/mol. The number of H-pyrrole nitrogens is 1. The Bertz CT molecular complexity index is 562. The van der Waals surface area contributed by atoms with Crippen LogP contribution in [0.4, 0.5) is 0 Å². The molecule has 0 amide bonds. The van der Waals surface area contributed by atoms with E-state index in [4.69, 9.17) is 0 Å². The van der Waals surface area contributed by atoms with E-state index < -0.39 is 5.79 Å². The van der Waals surface area contributed by atoms with Crippen LogP contribution in [0, 0.1) is 0 Å². The summed E-state index contributed by atoms with van der Waals surface area (Å²) >= 11 is 0. The molecule has 2 heterocycles. The molecule has 0 spiro atoms. The Morgan fingerprint density at radius 3 is 2.83 bits per heavy atom. The van der Waals surface area contributed by atoms with Gasteiger partial charge in [0.1, 0.15) is 0 Å². The number of aliphatic hydroxyl groups is 2. The Kier molecular flexibility index (Phi) is 2.66. The van der Waals surface area contributed by atoms with Gasteiger partial charge in [-0.1, -0.05) is 18.2 Å². The normalized spacial score (nSPS) is 21.8. The molecule has 1 aromatic heterocycles. The van der Waals surface area contributed by atoms with Crippen LogP contribution in [-0.2, 0) is 5.79 Å². The highest BCUT2D eigenvalue weighted by Crippen LogP contribution is 2.35. The monoisotopic (exact) mass is 246 g/mol. The first kappa shape index (κ1) is 11.7. The molecule has 4 nitrogen and oxygen atoms in total. The number of aromatic amines is 1. The van der Waals surface area contributed by atoms with Crippen LogP contribution in [0.25, 0.3) is 10.9 Å². The minimum atomic E-state index is -1.80. The molecule has 2 aromatic rings. The number of rotatable bonds is 2. The van der Waals surface area contributed by atoms with Crippen molar-refractivity contribution < 1.29 is 10.2 Å². The molecule has 1 fully saturated rings. The third-order valence-corrected chi connectivity index (χ3v) is 3.97. The predicted molar refractivity (Wildman–Crippen MR) is 70.1 cm³/mol. The van der Waals surface area contributed by atoms with Gasteiger partial charge in [0.15, 0.2) is 0 Å². The van der Waals surface area contributed by atoms with Crippen LogP contribution in [0.2, 0.25) is 0 Å². The quantitative estimate of drug-likeness (QED) is 0.702. The summed E-state index contributed by atoms with van der Waals surface area (Å²) in [5, 5.41) is 22.0. The van der Waals surface area contributed by atoms with Gasteiger partial charge in [0.25, 0.3) is 0 Å². The fourth-order valence-electron chi connectivity index (χ4n) is 2.97. The van der Waals surface area contributed by atoms with E-state index in [1.165, 1.54) is 0 Å². The van der Waals surface area contributed by atoms with Gasteiger partial charge < -0.3 is 15.2 Å². The summed E-state index contributed by atoms with van der Waals surface area (Å²) in [6.45, 7) is 0.913. The molecule has 1 atom stereocenters. The van der Waals surface area contributed by atoms with E-state index in [9.17, 15) is 10.2 Å². The van der Waals surface area contributed by atoms with Gasteiger partial charge in [-0.15, -0.1) is 0 Å². The SMILES string of the molecule is CN1CCCC1C(O)(O)c1c[nH]c2ccccc12. The lowest BCUT2D eigenvalue weighted by molar-refractivity contribution is -0.206. The summed E-state index contributed by atoms with van der Waals surface area (Å²) in [5.74, 6) is -1.80. The van der Waals surface area contributed by atoms with Gasteiger partial charge in [-0.3, -0.25) is 4.90 Å². The number of likely N-dealkylation sites (N-methyl/N-ethyl adjacent to an activating group) is 1. The molecule has 18 heavy (non-hydrogen) atoms. The third kappa shape index (κ3) is 1.65. The van der Waals surface area contributed by atoms with Crippen LogP contribution in [-0.4, -0.2) is 39.7 Å². The van der Waals surface area contributed by atoms with Crippen molar-refractivity contribution >= 4 is 10.9 Å². The van der Waals surface area contributed by atoms with Crippen molar-refractivity contribution in [2.24, 2.45) is 0 Å². The Morgan fingerprint density at radius 1 is 1.33 bits per heavy atom. The molecule has 3 rings (SSSR count). The number of nitrogens with zero attached hydrogens (tertiary/aromatic N) is 1. The average Bonchev–Trinajstić information content (AvgIpc) is 2.95. The lowest BCUT2D eigenvalue weighted by Crippen LogP contribution is -2.45. The van der Waals surface area contributed by atoms with Crippen LogP contribution in [0.3, 0.4) is 0 Å². The lowest BCUT2D eigenvalue weighted by atomic mass is 9.96.